The number of carbonyl (C=O) groups is 1. The normalized spacial score (nSPS) is 21.9. The molecule has 0 radical (unpaired) electrons. The molecule has 2 heterocycles. The molecule has 0 bridgehead atoms. The lowest BCUT2D eigenvalue weighted by Gasteiger charge is -2.34. The summed E-state index contributed by atoms with van der Waals surface area (Å²) in [4.78, 5) is 34.3. The van der Waals surface area contributed by atoms with Crippen LogP contribution in [0.15, 0.2) is 40.5 Å². The van der Waals surface area contributed by atoms with Crippen molar-refractivity contribution in [1.82, 2.24) is 30.0 Å². The monoisotopic (exact) mass is 412 g/mol. The number of amides is 1. The number of benzene rings is 1. The number of aromatic amines is 1. The van der Waals surface area contributed by atoms with Gasteiger partial charge in [0.2, 0.25) is 11.9 Å². The topological polar surface area (TPSA) is 106 Å². The zero-order valence-corrected chi connectivity index (χ0v) is 17.3. The molecule has 0 aliphatic heterocycles. The maximum absolute atomic E-state index is 13.0. The molecule has 2 aromatic heterocycles. The predicted octanol–water partition coefficient (Wildman–Crippen LogP) is 2.54. The van der Waals surface area contributed by atoms with Gasteiger partial charge in [-0.1, -0.05) is 50.6 Å². The van der Waals surface area contributed by atoms with Crippen molar-refractivity contribution in [3.63, 3.8) is 0 Å². The van der Waals surface area contributed by atoms with Crippen molar-refractivity contribution < 1.29 is 4.79 Å². The molecular weight excluding hydrogens is 388 g/mol. The van der Waals surface area contributed by atoms with E-state index in [-0.39, 0.29) is 29.2 Å². The maximum Gasteiger partial charge on any atom is 0.269 e. The number of thioether (sulfide) groups is 1. The molecule has 1 aromatic carbocycles. The van der Waals surface area contributed by atoms with Gasteiger partial charge in [0.15, 0.2) is 5.16 Å². The van der Waals surface area contributed by atoms with Crippen LogP contribution < -0.4 is 10.9 Å². The van der Waals surface area contributed by atoms with Gasteiger partial charge in [-0.25, -0.2) is 14.6 Å². The van der Waals surface area contributed by atoms with Crippen LogP contribution in [0.5, 0.6) is 0 Å². The van der Waals surface area contributed by atoms with Crippen LogP contribution in [0, 0.1) is 11.8 Å². The fourth-order valence-corrected chi connectivity index (χ4v) is 4.67. The molecule has 0 saturated heterocycles. The minimum atomic E-state index is -0.245. The van der Waals surface area contributed by atoms with E-state index in [0.29, 0.717) is 27.9 Å². The molecule has 1 saturated carbocycles. The van der Waals surface area contributed by atoms with E-state index >= 15 is 0 Å². The Morgan fingerprint density at radius 2 is 2.14 bits per heavy atom. The zero-order valence-electron chi connectivity index (χ0n) is 16.5. The molecule has 1 amide bonds. The summed E-state index contributed by atoms with van der Waals surface area (Å²) in [5, 5.41) is 10.6. The number of para-hydroxylation sites is 1. The number of hydrogen-bond donors (Lipinski definition) is 2. The number of carbonyl (C=O) groups excluding carboxylic acids is 1. The first-order chi connectivity index (χ1) is 14.0. The van der Waals surface area contributed by atoms with Gasteiger partial charge in [-0.05, 0) is 30.4 Å². The van der Waals surface area contributed by atoms with Crippen LogP contribution >= 0.6 is 11.8 Å². The van der Waals surface area contributed by atoms with E-state index in [2.05, 4.69) is 39.3 Å². The Morgan fingerprint density at radius 1 is 1.31 bits per heavy atom. The van der Waals surface area contributed by atoms with Gasteiger partial charge in [-0.2, -0.15) is 10.1 Å². The Labute approximate surface area is 172 Å². The quantitative estimate of drug-likeness (QED) is 0.493. The highest BCUT2D eigenvalue weighted by atomic mass is 32.2. The summed E-state index contributed by atoms with van der Waals surface area (Å²) < 4.78 is 1.37. The third kappa shape index (κ3) is 4.05. The Morgan fingerprint density at radius 3 is 2.93 bits per heavy atom. The number of nitrogens with zero attached hydrogens (tertiary/aromatic N) is 4. The molecule has 1 aliphatic carbocycles. The third-order valence-corrected chi connectivity index (χ3v) is 6.68. The minimum absolute atomic E-state index is 0.0486. The summed E-state index contributed by atoms with van der Waals surface area (Å²) in [5.74, 6) is 1.49. The highest BCUT2D eigenvalue weighted by molar-refractivity contribution is 7.99. The Balaban J connectivity index is 1.57. The lowest BCUT2D eigenvalue weighted by Crippen LogP contribution is -2.44. The van der Waals surface area contributed by atoms with E-state index in [1.807, 2.05) is 6.07 Å². The zero-order chi connectivity index (χ0) is 20.4. The summed E-state index contributed by atoms with van der Waals surface area (Å²) in [6, 6.07) is 7.34. The molecule has 3 atom stereocenters. The van der Waals surface area contributed by atoms with Crippen LogP contribution in [0.1, 0.15) is 33.1 Å². The van der Waals surface area contributed by atoms with E-state index in [0.717, 1.165) is 12.8 Å². The molecule has 8 nitrogen and oxygen atoms in total. The molecule has 1 aliphatic rings. The maximum atomic E-state index is 13.0. The first-order valence-corrected chi connectivity index (χ1v) is 10.8. The fraction of sp³-hybridized carbons (Fsp3) is 0.450. The van der Waals surface area contributed by atoms with E-state index < -0.39 is 0 Å². The van der Waals surface area contributed by atoms with Crippen LogP contribution in [0.2, 0.25) is 0 Å². The number of aromatic nitrogens is 5. The molecule has 1 fully saturated rings. The molecule has 2 N–H and O–H groups in total. The van der Waals surface area contributed by atoms with Crippen molar-refractivity contribution in [2.24, 2.45) is 11.8 Å². The number of H-pyrrole nitrogens is 1. The van der Waals surface area contributed by atoms with Crippen LogP contribution in [0.25, 0.3) is 16.9 Å². The number of fused-ring (bicyclic) bond motifs is 1. The number of rotatable bonds is 5. The first kappa shape index (κ1) is 19.6. The minimum Gasteiger partial charge on any atom is -0.352 e. The van der Waals surface area contributed by atoms with Crippen LogP contribution in [-0.2, 0) is 4.79 Å². The Hall–Kier alpha value is -2.68. The average Bonchev–Trinajstić information content (AvgIpc) is 3.24. The van der Waals surface area contributed by atoms with E-state index in [9.17, 15) is 9.59 Å². The molecule has 0 spiro atoms. The lowest BCUT2D eigenvalue weighted by molar-refractivity contribution is -0.120. The fourth-order valence-electron chi connectivity index (χ4n) is 3.87. The highest BCUT2D eigenvalue weighted by Crippen LogP contribution is 2.29. The molecule has 0 unspecified atom stereocenters. The van der Waals surface area contributed by atoms with Gasteiger partial charge in [-0.3, -0.25) is 9.59 Å². The van der Waals surface area contributed by atoms with Gasteiger partial charge in [0.25, 0.3) is 5.56 Å². The smallest absolute Gasteiger partial charge is 0.269 e. The van der Waals surface area contributed by atoms with Crippen molar-refractivity contribution >= 4 is 28.6 Å². The Kier molecular flexibility index (Phi) is 5.66. The van der Waals surface area contributed by atoms with E-state index in [1.165, 1.54) is 29.1 Å². The van der Waals surface area contributed by atoms with Crippen molar-refractivity contribution in [2.45, 2.75) is 44.3 Å². The third-order valence-electron chi connectivity index (χ3n) is 5.74. The molecular formula is C20H24N6O2S. The van der Waals surface area contributed by atoms with E-state index in [4.69, 9.17) is 0 Å². The van der Waals surface area contributed by atoms with E-state index in [1.54, 1.807) is 18.2 Å². The first-order valence-electron chi connectivity index (χ1n) is 9.84. The summed E-state index contributed by atoms with van der Waals surface area (Å²) in [6.45, 7) is 4.45. The van der Waals surface area contributed by atoms with Gasteiger partial charge in [0, 0.05) is 6.04 Å². The van der Waals surface area contributed by atoms with Crippen molar-refractivity contribution in [3.05, 3.63) is 40.9 Å². The lowest BCUT2D eigenvalue weighted by atomic mass is 9.78. The van der Waals surface area contributed by atoms with Gasteiger partial charge in [0.05, 0.1) is 16.7 Å². The van der Waals surface area contributed by atoms with Gasteiger partial charge in [0.1, 0.15) is 6.33 Å². The van der Waals surface area contributed by atoms with Gasteiger partial charge in [-0.15, -0.1) is 0 Å². The number of nitrogens with one attached hydrogen (secondary N) is 2. The number of hydrogen-bond acceptors (Lipinski definition) is 6. The average molecular weight is 413 g/mol. The van der Waals surface area contributed by atoms with Crippen LogP contribution in [0.4, 0.5) is 0 Å². The summed E-state index contributed by atoms with van der Waals surface area (Å²) in [7, 11) is 0. The second kappa shape index (κ2) is 8.36. The van der Waals surface area contributed by atoms with Gasteiger partial charge >= 0.3 is 0 Å². The van der Waals surface area contributed by atoms with Crippen molar-refractivity contribution in [1.29, 1.82) is 0 Å². The molecule has 4 rings (SSSR count). The standard InChI is InChI=1S/C20H24N6O2S/c1-12-6-5-9-15(13(12)2)23-17(27)10-29-20-24-16-8-4-3-7-14(16)18(28)26(20)19-21-11-22-25-19/h3-4,7-8,11-13,15H,5-6,9-10H2,1-2H3,(H,23,27)(H,21,22,25)/t12-,13+,15-/m0/s1. The molecule has 29 heavy (non-hydrogen) atoms. The highest BCUT2D eigenvalue weighted by Gasteiger charge is 2.28. The van der Waals surface area contributed by atoms with Crippen molar-refractivity contribution in [3.8, 4) is 5.95 Å². The summed E-state index contributed by atoms with van der Waals surface area (Å²) >= 11 is 1.23. The van der Waals surface area contributed by atoms with Crippen LogP contribution in [0.3, 0.4) is 0 Å². The Bertz CT molecular complexity index is 1060. The predicted molar refractivity (Wildman–Crippen MR) is 112 cm³/mol. The van der Waals surface area contributed by atoms with Crippen LogP contribution in [-0.4, -0.2) is 42.4 Å². The molecule has 152 valence electrons. The summed E-state index contributed by atoms with van der Waals surface area (Å²) in [6.07, 6.45) is 4.70. The largest absolute Gasteiger partial charge is 0.352 e. The second-order valence-corrected chi connectivity index (χ2v) is 8.53. The van der Waals surface area contributed by atoms with Gasteiger partial charge < -0.3 is 5.32 Å². The SMILES string of the molecule is C[C@H]1[C@@H](NC(=O)CSc2nc3ccccc3c(=O)n2-c2ncn[nH]2)CCC[C@@H]1C. The molecule has 9 heteroatoms. The summed E-state index contributed by atoms with van der Waals surface area (Å²) in [5.41, 5.74) is 0.343. The van der Waals surface area contributed by atoms with Crippen molar-refractivity contribution in [2.75, 3.05) is 5.75 Å². The molecule has 3 aromatic rings. The second-order valence-electron chi connectivity index (χ2n) is 7.59.